The van der Waals surface area contributed by atoms with Crippen molar-refractivity contribution in [3.05, 3.63) is 36.4 Å². The van der Waals surface area contributed by atoms with Gasteiger partial charge in [-0.3, -0.25) is 0 Å². The zero-order chi connectivity index (χ0) is 14.8. The van der Waals surface area contributed by atoms with Gasteiger partial charge in [0.1, 0.15) is 11.6 Å². The number of nitrogens with zero attached hydrogens (tertiary/aromatic N) is 4. The summed E-state index contributed by atoms with van der Waals surface area (Å²) in [5.74, 6) is 2.13. The Hall–Kier alpha value is -2.14. The Labute approximate surface area is 125 Å². The molecule has 3 rings (SSSR count). The van der Waals surface area contributed by atoms with Crippen molar-refractivity contribution in [2.24, 2.45) is 0 Å². The van der Waals surface area contributed by atoms with Gasteiger partial charge >= 0.3 is 0 Å². The van der Waals surface area contributed by atoms with Gasteiger partial charge in [0, 0.05) is 37.3 Å². The van der Waals surface area contributed by atoms with Gasteiger partial charge in [0.05, 0.1) is 0 Å². The minimum absolute atomic E-state index is 0.418. The highest BCUT2D eigenvalue weighted by Crippen LogP contribution is 2.23. The minimum Gasteiger partial charge on any atom is -0.384 e. The van der Waals surface area contributed by atoms with Crippen molar-refractivity contribution in [2.45, 2.75) is 13.0 Å². The molecule has 0 bridgehead atoms. The second-order valence-corrected chi connectivity index (χ2v) is 5.65. The second-order valence-electron chi connectivity index (χ2n) is 5.65. The maximum atomic E-state index is 5.99. The number of rotatable bonds is 2. The Morgan fingerprint density at radius 1 is 1.14 bits per heavy atom. The number of likely N-dealkylation sites (N-methyl/N-ethyl adjacent to an activating group) is 1. The van der Waals surface area contributed by atoms with E-state index in [0.717, 1.165) is 31.0 Å². The summed E-state index contributed by atoms with van der Waals surface area (Å²) >= 11 is 0. The van der Waals surface area contributed by atoms with Gasteiger partial charge in [0.2, 0.25) is 0 Å². The Morgan fingerprint density at radius 2 is 1.90 bits per heavy atom. The van der Waals surface area contributed by atoms with E-state index in [4.69, 9.17) is 10.7 Å². The summed E-state index contributed by atoms with van der Waals surface area (Å²) in [6, 6.07) is 12.3. The summed E-state index contributed by atoms with van der Waals surface area (Å²) in [4.78, 5) is 13.7. The molecule has 21 heavy (non-hydrogen) atoms. The third-order valence-electron chi connectivity index (χ3n) is 3.89. The van der Waals surface area contributed by atoms with Gasteiger partial charge < -0.3 is 15.5 Å². The normalized spacial score (nSPS) is 19.7. The molecular weight excluding hydrogens is 262 g/mol. The summed E-state index contributed by atoms with van der Waals surface area (Å²) < 4.78 is 0. The molecule has 2 N–H and O–H groups in total. The van der Waals surface area contributed by atoms with Gasteiger partial charge in [-0.25, -0.2) is 9.97 Å². The van der Waals surface area contributed by atoms with Crippen LogP contribution in [0.25, 0.3) is 11.4 Å². The number of anilines is 2. The number of hydrogen-bond acceptors (Lipinski definition) is 5. The van der Waals surface area contributed by atoms with Crippen LogP contribution in [0.4, 0.5) is 11.6 Å². The molecule has 0 amide bonds. The van der Waals surface area contributed by atoms with E-state index in [9.17, 15) is 0 Å². The number of nitrogen functional groups attached to an aromatic ring is 1. The Morgan fingerprint density at radius 3 is 2.62 bits per heavy atom. The van der Waals surface area contributed by atoms with Crippen LogP contribution in [0.2, 0.25) is 0 Å². The topological polar surface area (TPSA) is 58.3 Å². The first kappa shape index (κ1) is 13.8. The van der Waals surface area contributed by atoms with Crippen LogP contribution in [-0.2, 0) is 0 Å². The monoisotopic (exact) mass is 283 g/mol. The molecule has 1 aromatic carbocycles. The predicted octanol–water partition coefficient (Wildman–Crippen LogP) is 1.87. The van der Waals surface area contributed by atoms with Gasteiger partial charge in [-0.15, -0.1) is 0 Å². The zero-order valence-corrected chi connectivity index (χ0v) is 12.5. The molecule has 0 aliphatic carbocycles. The smallest absolute Gasteiger partial charge is 0.163 e. The molecular formula is C16H21N5. The van der Waals surface area contributed by atoms with Crippen LogP contribution < -0.4 is 10.6 Å². The predicted molar refractivity (Wildman–Crippen MR) is 86.2 cm³/mol. The molecule has 0 spiro atoms. The second kappa shape index (κ2) is 5.69. The van der Waals surface area contributed by atoms with Crippen molar-refractivity contribution < 1.29 is 0 Å². The average Bonchev–Trinajstić information content (AvgIpc) is 2.47. The molecule has 1 aromatic heterocycles. The molecule has 0 saturated carbocycles. The van der Waals surface area contributed by atoms with Crippen LogP contribution in [0.3, 0.4) is 0 Å². The molecule has 1 aliphatic heterocycles. The highest BCUT2D eigenvalue weighted by molar-refractivity contribution is 5.61. The standard InChI is InChI=1S/C16H21N5/c1-12-11-20(2)8-9-21(12)15-10-14(17)18-16(19-15)13-6-4-3-5-7-13/h3-7,10,12H,8-9,11H2,1-2H3,(H2,17,18,19). The summed E-state index contributed by atoms with van der Waals surface area (Å²) in [6.07, 6.45) is 0. The van der Waals surface area contributed by atoms with Gasteiger partial charge in [0.15, 0.2) is 5.82 Å². The van der Waals surface area contributed by atoms with E-state index < -0.39 is 0 Å². The number of hydrogen-bond donors (Lipinski definition) is 1. The van der Waals surface area contributed by atoms with Crippen molar-refractivity contribution in [3.8, 4) is 11.4 Å². The maximum absolute atomic E-state index is 5.99. The highest BCUT2D eigenvalue weighted by Gasteiger charge is 2.23. The number of benzene rings is 1. The van der Waals surface area contributed by atoms with Crippen LogP contribution >= 0.6 is 0 Å². The Bertz CT molecular complexity index is 613. The van der Waals surface area contributed by atoms with E-state index in [1.54, 1.807) is 0 Å². The molecule has 0 radical (unpaired) electrons. The fraction of sp³-hybridized carbons (Fsp3) is 0.375. The minimum atomic E-state index is 0.418. The fourth-order valence-corrected chi connectivity index (χ4v) is 2.80. The third-order valence-corrected chi connectivity index (χ3v) is 3.89. The lowest BCUT2D eigenvalue weighted by molar-refractivity contribution is 0.274. The van der Waals surface area contributed by atoms with Crippen LogP contribution in [0.15, 0.2) is 36.4 Å². The molecule has 1 saturated heterocycles. The summed E-state index contributed by atoms with van der Waals surface area (Å²) in [5.41, 5.74) is 6.98. The lowest BCUT2D eigenvalue weighted by Crippen LogP contribution is -2.50. The number of nitrogens with two attached hydrogens (primary N) is 1. The largest absolute Gasteiger partial charge is 0.384 e. The molecule has 5 nitrogen and oxygen atoms in total. The maximum Gasteiger partial charge on any atom is 0.163 e. The van der Waals surface area contributed by atoms with Crippen molar-refractivity contribution in [1.29, 1.82) is 0 Å². The fourth-order valence-electron chi connectivity index (χ4n) is 2.80. The van der Waals surface area contributed by atoms with Crippen molar-refractivity contribution >= 4 is 11.6 Å². The Balaban J connectivity index is 1.95. The highest BCUT2D eigenvalue weighted by atomic mass is 15.3. The lowest BCUT2D eigenvalue weighted by atomic mass is 10.2. The molecule has 1 unspecified atom stereocenters. The van der Waals surface area contributed by atoms with Gasteiger partial charge in [-0.1, -0.05) is 30.3 Å². The van der Waals surface area contributed by atoms with Gasteiger partial charge in [-0.05, 0) is 14.0 Å². The van der Waals surface area contributed by atoms with Gasteiger partial charge in [-0.2, -0.15) is 0 Å². The molecule has 1 atom stereocenters. The summed E-state index contributed by atoms with van der Waals surface area (Å²) in [5, 5.41) is 0. The molecule has 1 fully saturated rings. The number of aromatic nitrogens is 2. The van der Waals surface area contributed by atoms with Crippen LogP contribution in [0.1, 0.15) is 6.92 Å². The average molecular weight is 283 g/mol. The first-order valence-electron chi connectivity index (χ1n) is 7.28. The van der Waals surface area contributed by atoms with E-state index in [-0.39, 0.29) is 0 Å². The molecule has 5 heteroatoms. The van der Waals surface area contributed by atoms with Crippen molar-refractivity contribution in [3.63, 3.8) is 0 Å². The summed E-state index contributed by atoms with van der Waals surface area (Å²) in [7, 11) is 2.15. The van der Waals surface area contributed by atoms with Crippen LogP contribution in [0, 0.1) is 0 Å². The van der Waals surface area contributed by atoms with E-state index >= 15 is 0 Å². The van der Waals surface area contributed by atoms with E-state index in [0.29, 0.717) is 17.7 Å². The number of piperazine rings is 1. The third kappa shape index (κ3) is 2.97. The SMILES string of the molecule is CC1CN(C)CCN1c1cc(N)nc(-c2ccccc2)n1. The molecule has 2 aromatic rings. The zero-order valence-electron chi connectivity index (χ0n) is 12.5. The summed E-state index contributed by atoms with van der Waals surface area (Å²) in [6.45, 7) is 5.25. The van der Waals surface area contributed by atoms with E-state index in [2.05, 4.69) is 28.8 Å². The van der Waals surface area contributed by atoms with Gasteiger partial charge in [0.25, 0.3) is 0 Å². The molecule has 110 valence electrons. The van der Waals surface area contributed by atoms with Crippen LogP contribution in [0.5, 0.6) is 0 Å². The van der Waals surface area contributed by atoms with Crippen LogP contribution in [-0.4, -0.2) is 47.6 Å². The molecule has 1 aliphatic rings. The first-order chi connectivity index (χ1) is 10.1. The van der Waals surface area contributed by atoms with E-state index in [1.807, 2.05) is 36.4 Å². The van der Waals surface area contributed by atoms with E-state index in [1.165, 1.54) is 0 Å². The first-order valence-corrected chi connectivity index (χ1v) is 7.28. The van der Waals surface area contributed by atoms with Crippen molar-refractivity contribution in [2.75, 3.05) is 37.3 Å². The Kier molecular flexibility index (Phi) is 3.75. The quantitative estimate of drug-likeness (QED) is 0.911. The lowest BCUT2D eigenvalue weighted by Gasteiger charge is -2.39. The van der Waals surface area contributed by atoms with Crippen molar-refractivity contribution in [1.82, 2.24) is 14.9 Å². The molecule has 2 heterocycles.